The standard InChI is InChI=1S/C23H19BrN2O2/c1-15-11-12-20-18(13-15)22(16-7-3-2-4-8-16)26(14-21(27)25-20)23(28)17-9-5-6-10-19(17)24/h2-13,22H,14H2,1H3,(H,25,27)/t22-/m0/s1. The fourth-order valence-corrected chi connectivity index (χ4v) is 4.05. The zero-order chi connectivity index (χ0) is 19.7. The van der Waals surface area contributed by atoms with Crippen molar-refractivity contribution in [2.24, 2.45) is 0 Å². The number of halogens is 1. The number of anilines is 1. The van der Waals surface area contributed by atoms with Gasteiger partial charge in [0.15, 0.2) is 0 Å². The average molecular weight is 435 g/mol. The highest BCUT2D eigenvalue weighted by molar-refractivity contribution is 9.10. The van der Waals surface area contributed by atoms with E-state index < -0.39 is 0 Å². The monoisotopic (exact) mass is 434 g/mol. The fraction of sp³-hybridized carbons (Fsp3) is 0.130. The maximum atomic E-state index is 13.5. The van der Waals surface area contributed by atoms with Crippen LogP contribution in [0.1, 0.15) is 33.1 Å². The number of fused-ring (bicyclic) bond motifs is 1. The van der Waals surface area contributed by atoms with Gasteiger partial charge in [0.1, 0.15) is 6.54 Å². The number of carbonyl (C=O) groups is 2. The molecule has 1 heterocycles. The maximum absolute atomic E-state index is 13.5. The van der Waals surface area contributed by atoms with E-state index in [1.54, 1.807) is 11.0 Å². The lowest BCUT2D eigenvalue weighted by Crippen LogP contribution is -2.39. The number of hydrogen-bond acceptors (Lipinski definition) is 2. The molecule has 0 bridgehead atoms. The maximum Gasteiger partial charge on any atom is 0.256 e. The summed E-state index contributed by atoms with van der Waals surface area (Å²) in [5.41, 5.74) is 4.23. The van der Waals surface area contributed by atoms with Gasteiger partial charge >= 0.3 is 0 Å². The SMILES string of the molecule is Cc1ccc2c(c1)[C@H](c1ccccc1)N(C(=O)c1ccccc1Br)CC(=O)N2. The molecule has 4 rings (SSSR count). The molecule has 3 aromatic rings. The molecule has 1 aliphatic rings. The molecule has 1 N–H and O–H groups in total. The average Bonchev–Trinajstić information content (AvgIpc) is 2.84. The molecular formula is C23H19BrN2O2. The molecule has 0 spiro atoms. The first-order valence-corrected chi connectivity index (χ1v) is 9.85. The van der Waals surface area contributed by atoms with Gasteiger partial charge in [0, 0.05) is 15.7 Å². The second kappa shape index (κ2) is 7.60. The minimum absolute atomic E-state index is 0.0204. The molecule has 3 aromatic carbocycles. The van der Waals surface area contributed by atoms with Crippen molar-refractivity contribution in [1.82, 2.24) is 4.90 Å². The van der Waals surface area contributed by atoms with E-state index in [2.05, 4.69) is 21.2 Å². The summed E-state index contributed by atoms with van der Waals surface area (Å²) in [6.07, 6.45) is 0. The second-order valence-corrected chi connectivity index (χ2v) is 7.72. The Labute approximate surface area is 172 Å². The zero-order valence-corrected chi connectivity index (χ0v) is 16.9. The fourth-order valence-electron chi connectivity index (χ4n) is 3.60. The third-order valence-electron chi connectivity index (χ3n) is 4.88. The van der Waals surface area contributed by atoms with Crippen molar-refractivity contribution in [2.45, 2.75) is 13.0 Å². The molecular weight excluding hydrogens is 416 g/mol. The summed E-state index contributed by atoms with van der Waals surface area (Å²) in [7, 11) is 0. The molecule has 1 aliphatic heterocycles. The van der Waals surface area contributed by atoms with Gasteiger partial charge in [-0.1, -0.05) is 60.2 Å². The van der Waals surface area contributed by atoms with Gasteiger partial charge in [0.25, 0.3) is 5.91 Å². The van der Waals surface area contributed by atoms with E-state index in [9.17, 15) is 9.59 Å². The van der Waals surface area contributed by atoms with E-state index in [0.717, 1.165) is 22.4 Å². The van der Waals surface area contributed by atoms with Gasteiger partial charge in [0.2, 0.25) is 5.91 Å². The van der Waals surface area contributed by atoms with Crippen molar-refractivity contribution in [3.8, 4) is 0 Å². The number of nitrogens with one attached hydrogen (secondary N) is 1. The number of rotatable bonds is 2. The van der Waals surface area contributed by atoms with Crippen molar-refractivity contribution in [3.05, 3.63) is 99.5 Å². The van der Waals surface area contributed by atoms with Crippen LogP contribution >= 0.6 is 15.9 Å². The third kappa shape index (κ3) is 3.45. The summed E-state index contributed by atoms with van der Waals surface area (Å²) >= 11 is 3.47. The van der Waals surface area contributed by atoms with Gasteiger partial charge in [-0.25, -0.2) is 0 Å². The highest BCUT2D eigenvalue weighted by atomic mass is 79.9. The van der Waals surface area contributed by atoms with Crippen LogP contribution in [0.5, 0.6) is 0 Å². The Morgan fingerprint density at radius 3 is 2.50 bits per heavy atom. The summed E-state index contributed by atoms with van der Waals surface area (Å²) in [4.78, 5) is 27.8. The van der Waals surface area contributed by atoms with Crippen molar-refractivity contribution < 1.29 is 9.59 Å². The quantitative estimate of drug-likeness (QED) is 0.620. The van der Waals surface area contributed by atoms with Crippen LogP contribution in [0.3, 0.4) is 0 Å². The number of hydrogen-bond donors (Lipinski definition) is 1. The van der Waals surface area contributed by atoms with Gasteiger partial charge in [-0.15, -0.1) is 0 Å². The van der Waals surface area contributed by atoms with Crippen molar-refractivity contribution in [3.63, 3.8) is 0 Å². The smallest absolute Gasteiger partial charge is 0.256 e. The first-order valence-electron chi connectivity index (χ1n) is 9.05. The number of carbonyl (C=O) groups excluding carboxylic acids is 2. The van der Waals surface area contributed by atoms with Gasteiger partial charge < -0.3 is 10.2 Å². The van der Waals surface area contributed by atoms with Gasteiger partial charge in [-0.2, -0.15) is 0 Å². The van der Waals surface area contributed by atoms with Crippen LogP contribution in [-0.4, -0.2) is 23.3 Å². The molecule has 0 radical (unpaired) electrons. The summed E-state index contributed by atoms with van der Waals surface area (Å²) in [5.74, 6) is -0.394. The molecule has 1 atom stereocenters. The molecule has 0 unspecified atom stereocenters. The lowest BCUT2D eigenvalue weighted by atomic mass is 9.94. The predicted octanol–water partition coefficient (Wildman–Crippen LogP) is 4.94. The van der Waals surface area contributed by atoms with E-state index >= 15 is 0 Å². The Kier molecular flexibility index (Phi) is 5.01. The molecule has 140 valence electrons. The number of nitrogens with zero attached hydrogens (tertiary/aromatic N) is 1. The summed E-state index contributed by atoms with van der Waals surface area (Å²) in [6, 6.07) is 22.7. The second-order valence-electron chi connectivity index (χ2n) is 6.87. The van der Waals surface area contributed by atoms with E-state index in [0.29, 0.717) is 10.0 Å². The molecule has 0 aromatic heterocycles. The van der Waals surface area contributed by atoms with Crippen molar-refractivity contribution >= 4 is 33.4 Å². The molecule has 2 amide bonds. The van der Waals surface area contributed by atoms with Crippen LogP contribution in [-0.2, 0) is 4.79 Å². The molecule has 0 saturated carbocycles. The summed E-state index contributed by atoms with van der Waals surface area (Å²) < 4.78 is 0.709. The van der Waals surface area contributed by atoms with Gasteiger partial charge in [-0.05, 0) is 46.6 Å². The first-order chi connectivity index (χ1) is 13.5. The van der Waals surface area contributed by atoms with Crippen molar-refractivity contribution in [2.75, 3.05) is 11.9 Å². The van der Waals surface area contributed by atoms with Crippen LogP contribution in [0.2, 0.25) is 0 Å². The highest BCUT2D eigenvalue weighted by Crippen LogP contribution is 2.37. The Morgan fingerprint density at radius 1 is 1.04 bits per heavy atom. The van der Waals surface area contributed by atoms with Crippen LogP contribution in [0.25, 0.3) is 0 Å². The minimum Gasteiger partial charge on any atom is -0.324 e. The lowest BCUT2D eigenvalue weighted by Gasteiger charge is -2.31. The van der Waals surface area contributed by atoms with Crippen LogP contribution in [0, 0.1) is 6.92 Å². The minimum atomic E-state index is -0.366. The predicted molar refractivity (Wildman–Crippen MR) is 113 cm³/mol. The lowest BCUT2D eigenvalue weighted by molar-refractivity contribution is -0.117. The third-order valence-corrected chi connectivity index (χ3v) is 5.57. The van der Waals surface area contributed by atoms with E-state index in [4.69, 9.17) is 0 Å². The molecule has 5 heteroatoms. The molecule has 4 nitrogen and oxygen atoms in total. The normalized spacial score (nSPS) is 16.1. The number of benzene rings is 3. The van der Waals surface area contributed by atoms with E-state index in [1.165, 1.54) is 0 Å². The van der Waals surface area contributed by atoms with Gasteiger partial charge in [0.05, 0.1) is 11.6 Å². The zero-order valence-electron chi connectivity index (χ0n) is 15.4. The Bertz CT molecular complexity index is 1050. The Balaban J connectivity index is 1.91. The topological polar surface area (TPSA) is 49.4 Å². The van der Waals surface area contributed by atoms with Crippen molar-refractivity contribution in [1.29, 1.82) is 0 Å². The highest BCUT2D eigenvalue weighted by Gasteiger charge is 2.34. The molecule has 0 aliphatic carbocycles. The summed E-state index contributed by atoms with van der Waals surface area (Å²) in [5, 5.41) is 2.96. The number of aryl methyl sites for hydroxylation is 1. The Morgan fingerprint density at radius 2 is 1.75 bits per heavy atom. The molecule has 28 heavy (non-hydrogen) atoms. The van der Waals surface area contributed by atoms with Crippen LogP contribution in [0.15, 0.2) is 77.3 Å². The Hall–Kier alpha value is -2.92. The molecule has 0 saturated heterocycles. The van der Waals surface area contributed by atoms with Gasteiger partial charge in [-0.3, -0.25) is 9.59 Å². The van der Waals surface area contributed by atoms with Crippen LogP contribution in [0.4, 0.5) is 5.69 Å². The van der Waals surface area contributed by atoms with Crippen LogP contribution < -0.4 is 5.32 Å². The van der Waals surface area contributed by atoms with E-state index in [-0.39, 0.29) is 24.4 Å². The molecule has 0 fully saturated rings. The number of amides is 2. The first kappa shape index (κ1) is 18.4. The van der Waals surface area contributed by atoms with E-state index in [1.807, 2.05) is 73.7 Å². The largest absolute Gasteiger partial charge is 0.324 e. The summed E-state index contributed by atoms with van der Waals surface area (Å²) in [6.45, 7) is 1.99.